The van der Waals surface area contributed by atoms with E-state index in [1.165, 1.54) is 6.07 Å². The quantitative estimate of drug-likeness (QED) is 0.544. The number of carbonyl (C=O) groups excluding carboxylic acids is 1. The summed E-state index contributed by atoms with van der Waals surface area (Å²) in [5, 5.41) is 0. The third-order valence-corrected chi connectivity index (χ3v) is 4.59. The van der Waals surface area contributed by atoms with Crippen LogP contribution in [-0.2, 0) is 23.9 Å². The van der Waals surface area contributed by atoms with E-state index in [9.17, 15) is 18.0 Å². The zero-order valence-electron chi connectivity index (χ0n) is 16.2. The van der Waals surface area contributed by atoms with Crippen molar-refractivity contribution in [2.24, 2.45) is 0 Å². The molecule has 2 rings (SSSR count). The molecule has 0 saturated heterocycles. The van der Waals surface area contributed by atoms with Gasteiger partial charge < -0.3 is 9.64 Å². The van der Waals surface area contributed by atoms with Crippen molar-refractivity contribution in [1.29, 1.82) is 0 Å². The molecule has 0 spiro atoms. The molecule has 3 nitrogen and oxygen atoms in total. The number of nitrogens with zero attached hydrogens (tertiary/aromatic N) is 1. The van der Waals surface area contributed by atoms with Gasteiger partial charge in [0.1, 0.15) is 6.10 Å². The van der Waals surface area contributed by atoms with Crippen molar-refractivity contribution in [3.63, 3.8) is 0 Å². The second-order valence-corrected chi connectivity index (χ2v) is 6.65. The maximum atomic E-state index is 12.8. The van der Waals surface area contributed by atoms with Crippen molar-refractivity contribution in [3.05, 3.63) is 71.3 Å². The van der Waals surface area contributed by atoms with Crippen LogP contribution in [0, 0.1) is 0 Å². The Morgan fingerprint density at radius 3 is 2.32 bits per heavy atom. The first-order chi connectivity index (χ1) is 13.3. The topological polar surface area (TPSA) is 29.5 Å². The summed E-state index contributed by atoms with van der Waals surface area (Å²) in [6, 6.07) is 14.9. The van der Waals surface area contributed by atoms with Crippen LogP contribution in [0.25, 0.3) is 0 Å². The zero-order valence-corrected chi connectivity index (χ0v) is 16.2. The van der Waals surface area contributed by atoms with Gasteiger partial charge in [0, 0.05) is 13.1 Å². The van der Waals surface area contributed by atoms with E-state index in [-0.39, 0.29) is 6.10 Å². The second-order valence-electron chi connectivity index (χ2n) is 6.65. The normalized spacial score (nSPS) is 12.5. The smallest absolute Gasteiger partial charge is 0.416 e. The van der Waals surface area contributed by atoms with Crippen molar-refractivity contribution >= 4 is 6.09 Å². The number of hydrogen-bond acceptors (Lipinski definition) is 2. The van der Waals surface area contributed by atoms with E-state index >= 15 is 0 Å². The summed E-state index contributed by atoms with van der Waals surface area (Å²) in [5.41, 5.74) is 0.939. The molecule has 0 bridgehead atoms. The Labute approximate surface area is 164 Å². The summed E-state index contributed by atoms with van der Waals surface area (Å²) in [6.07, 6.45) is -3.60. The lowest BCUT2D eigenvalue weighted by Gasteiger charge is -2.24. The zero-order chi connectivity index (χ0) is 20.6. The summed E-state index contributed by atoms with van der Waals surface area (Å²) in [4.78, 5) is 14.1. The molecule has 1 atom stereocenters. The Kier molecular flexibility index (Phi) is 7.91. The predicted octanol–water partition coefficient (Wildman–Crippen LogP) is 6.08. The van der Waals surface area contributed by atoms with Crippen LogP contribution in [0.1, 0.15) is 43.4 Å². The van der Waals surface area contributed by atoms with E-state index in [1.807, 2.05) is 44.2 Å². The molecule has 28 heavy (non-hydrogen) atoms. The lowest BCUT2D eigenvalue weighted by Crippen LogP contribution is -2.33. The van der Waals surface area contributed by atoms with Crippen LogP contribution >= 0.6 is 0 Å². The van der Waals surface area contributed by atoms with Crippen molar-refractivity contribution in [1.82, 2.24) is 4.90 Å². The first kappa shape index (κ1) is 21.8. The van der Waals surface area contributed by atoms with Gasteiger partial charge >= 0.3 is 12.3 Å². The molecule has 6 heteroatoms. The van der Waals surface area contributed by atoms with E-state index in [0.29, 0.717) is 37.9 Å². The fourth-order valence-electron chi connectivity index (χ4n) is 2.90. The highest BCUT2D eigenvalue weighted by molar-refractivity contribution is 5.67. The third kappa shape index (κ3) is 6.59. The molecule has 2 aromatic carbocycles. The number of alkyl halides is 3. The molecular formula is C22H26F3NO2. The summed E-state index contributed by atoms with van der Waals surface area (Å²) in [5.74, 6) is 0. The second kappa shape index (κ2) is 10.2. The number of carbonyl (C=O) groups is 1. The molecule has 0 saturated carbocycles. The Bertz CT molecular complexity index is 747. The summed E-state index contributed by atoms with van der Waals surface area (Å²) < 4.78 is 44.1. The first-order valence-corrected chi connectivity index (χ1v) is 9.49. The summed E-state index contributed by atoms with van der Waals surface area (Å²) in [7, 11) is 0. The molecular weight excluding hydrogens is 367 g/mol. The number of halogens is 3. The van der Waals surface area contributed by atoms with Crippen molar-refractivity contribution in [3.8, 4) is 0 Å². The van der Waals surface area contributed by atoms with Gasteiger partial charge in [-0.25, -0.2) is 4.79 Å². The average Bonchev–Trinajstić information content (AvgIpc) is 2.69. The van der Waals surface area contributed by atoms with Crippen LogP contribution in [0.15, 0.2) is 54.6 Å². The van der Waals surface area contributed by atoms with Gasteiger partial charge in [0.05, 0.1) is 5.56 Å². The minimum absolute atomic E-state index is 0.341. The largest absolute Gasteiger partial charge is 0.446 e. The monoisotopic (exact) mass is 393 g/mol. The Balaban J connectivity index is 1.93. The lowest BCUT2D eigenvalue weighted by atomic mass is 10.0. The van der Waals surface area contributed by atoms with Gasteiger partial charge in [-0.2, -0.15) is 13.2 Å². The van der Waals surface area contributed by atoms with Crippen LogP contribution in [-0.4, -0.2) is 23.6 Å². The van der Waals surface area contributed by atoms with Gasteiger partial charge in [-0.05, 0) is 43.4 Å². The Morgan fingerprint density at radius 1 is 1.04 bits per heavy atom. The maximum Gasteiger partial charge on any atom is 0.416 e. The standard InChI is InChI=1S/C22H26F3NO2/c1-3-20(14-13-17-11-8-12-19(15-17)22(23,24)25)28-21(27)26(4-2)16-18-9-6-5-7-10-18/h5-12,15,20H,3-4,13-14,16H2,1-2H3. The predicted molar refractivity (Wildman–Crippen MR) is 103 cm³/mol. The number of benzene rings is 2. The van der Waals surface area contributed by atoms with Gasteiger partial charge in [-0.3, -0.25) is 0 Å². The molecule has 0 radical (unpaired) electrons. The molecule has 0 aliphatic heterocycles. The van der Waals surface area contributed by atoms with Crippen molar-refractivity contribution in [2.75, 3.05) is 6.54 Å². The average molecular weight is 393 g/mol. The number of hydrogen-bond donors (Lipinski definition) is 0. The molecule has 0 fully saturated rings. The summed E-state index contributed by atoms with van der Waals surface area (Å²) in [6.45, 7) is 4.75. The number of rotatable bonds is 8. The van der Waals surface area contributed by atoms with Crippen molar-refractivity contribution in [2.45, 2.75) is 51.9 Å². The third-order valence-electron chi connectivity index (χ3n) is 4.59. The van der Waals surface area contributed by atoms with Crippen LogP contribution in [0.3, 0.4) is 0 Å². The molecule has 0 heterocycles. The number of aryl methyl sites for hydroxylation is 1. The molecule has 1 amide bonds. The fraction of sp³-hybridized carbons (Fsp3) is 0.409. The molecule has 0 aliphatic rings. The van der Waals surface area contributed by atoms with Gasteiger partial charge in [0.2, 0.25) is 0 Å². The van der Waals surface area contributed by atoms with Gasteiger partial charge in [0.25, 0.3) is 0 Å². The van der Waals surface area contributed by atoms with E-state index in [0.717, 1.165) is 17.7 Å². The van der Waals surface area contributed by atoms with Crippen molar-refractivity contribution < 1.29 is 22.7 Å². The molecule has 0 N–H and O–H groups in total. The number of amides is 1. The number of ether oxygens (including phenoxy) is 1. The van der Waals surface area contributed by atoms with Gasteiger partial charge in [-0.1, -0.05) is 55.5 Å². The Morgan fingerprint density at radius 2 is 1.71 bits per heavy atom. The summed E-state index contributed by atoms with van der Waals surface area (Å²) >= 11 is 0. The highest BCUT2D eigenvalue weighted by Gasteiger charge is 2.30. The minimum atomic E-state index is -4.36. The van der Waals surface area contributed by atoms with E-state index < -0.39 is 17.8 Å². The minimum Gasteiger partial charge on any atom is -0.446 e. The Hall–Kier alpha value is -2.50. The van der Waals surface area contributed by atoms with E-state index in [1.54, 1.807) is 11.0 Å². The molecule has 2 aromatic rings. The fourth-order valence-corrected chi connectivity index (χ4v) is 2.90. The van der Waals surface area contributed by atoms with Gasteiger partial charge in [-0.15, -0.1) is 0 Å². The highest BCUT2D eigenvalue weighted by Crippen LogP contribution is 2.30. The molecule has 0 aromatic heterocycles. The molecule has 1 unspecified atom stereocenters. The van der Waals surface area contributed by atoms with E-state index in [4.69, 9.17) is 4.74 Å². The molecule has 0 aliphatic carbocycles. The van der Waals surface area contributed by atoms with Crippen LogP contribution in [0.5, 0.6) is 0 Å². The van der Waals surface area contributed by atoms with Crippen LogP contribution < -0.4 is 0 Å². The van der Waals surface area contributed by atoms with Crippen LogP contribution in [0.4, 0.5) is 18.0 Å². The maximum absolute atomic E-state index is 12.8. The van der Waals surface area contributed by atoms with Gasteiger partial charge in [0.15, 0.2) is 0 Å². The highest BCUT2D eigenvalue weighted by atomic mass is 19.4. The SMILES string of the molecule is CCC(CCc1cccc(C(F)(F)F)c1)OC(=O)N(CC)Cc1ccccc1. The van der Waals surface area contributed by atoms with Crippen LogP contribution in [0.2, 0.25) is 0 Å². The van der Waals surface area contributed by atoms with E-state index in [2.05, 4.69) is 0 Å². The first-order valence-electron chi connectivity index (χ1n) is 9.49. The molecule has 152 valence electrons. The lowest BCUT2D eigenvalue weighted by molar-refractivity contribution is -0.137.